The second kappa shape index (κ2) is 3.97. The molecule has 15 heavy (non-hydrogen) atoms. The third-order valence-corrected chi connectivity index (χ3v) is 2.18. The zero-order valence-electron chi connectivity index (χ0n) is 8.40. The summed E-state index contributed by atoms with van der Waals surface area (Å²) >= 11 is 0. The molecule has 0 aliphatic carbocycles. The molecule has 0 atom stereocenters. The van der Waals surface area contributed by atoms with Crippen molar-refractivity contribution < 1.29 is 4.42 Å². The van der Waals surface area contributed by atoms with E-state index < -0.39 is 0 Å². The maximum absolute atomic E-state index is 5.30. The molecule has 0 amide bonds. The number of aryl methyl sites for hydroxylation is 1. The van der Waals surface area contributed by atoms with Gasteiger partial charge in [0.05, 0.1) is 0 Å². The van der Waals surface area contributed by atoms with Gasteiger partial charge in [-0.05, 0) is 24.0 Å². The third-order valence-electron chi connectivity index (χ3n) is 2.18. The Hall–Kier alpha value is -2.08. The SMILES string of the molecule is C#Cc1nnc(-c2ccccc2CC)o1. The first kappa shape index (κ1) is 9.47. The van der Waals surface area contributed by atoms with Crippen molar-refractivity contribution in [3.8, 4) is 23.8 Å². The van der Waals surface area contributed by atoms with Crippen LogP contribution in [0.15, 0.2) is 28.7 Å². The number of hydrogen-bond donors (Lipinski definition) is 0. The fourth-order valence-corrected chi connectivity index (χ4v) is 1.43. The monoisotopic (exact) mass is 198 g/mol. The predicted octanol–water partition coefficient (Wildman–Crippen LogP) is 2.28. The summed E-state index contributed by atoms with van der Waals surface area (Å²) in [6.07, 6.45) is 6.09. The van der Waals surface area contributed by atoms with Crippen molar-refractivity contribution >= 4 is 0 Å². The van der Waals surface area contributed by atoms with Crippen molar-refractivity contribution in [2.75, 3.05) is 0 Å². The van der Waals surface area contributed by atoms with Crippen LogP contribution in [0.5, 0.6) is 0 Å². The van der Waals surface area contributed by atoms with Gasteiger partial charge in [0.2, 0.25) is 5.89 Å². The van der Waals surface area contributed by atoms with Crippen LogP contribution in [-0.4, -0.2) is 10.2 Å². The van der Waals surface area contributed by atoms with Crippen molar-refractivity contribution in [3.63, 3.8) is 0 Å². The normalized spacial score (nSPS) is 9.87. The van der Waals surface area contributed by atoms with Crippen LogP contribution in [0.3, 0.4) is 0 Å². The Morgan fingerprint density at radius 1 is 1.33 bits per heavy atom. The molecule has 0 spiro atoms. The summed E-state index contributed by atoms with van der Waals surface area (Å²) in [6.45, 7) is 2.08. The van der Waals surface area contributed by atoms with E-state index >= 15 is 0 Å². The summed E-state index contributed by atoms with van der Waals surface area (Å²) in [7, 11) is 0. The van der Waals surface area contributed by atoms with Crippen LogP contribution in [0.1, 0.15) is 18.4 Å². The highest BCUT2D eigenvalue weighted by Crippen LogP contribution is 2.22. The van der Waals surface area contributed by atoms with E-state index in [-0.39, 0.29) is 5.89 Å². The maximum atomic E-state index is 5.30. The summed E-state index contributed by atoms with van der Waals surface area (Å²) in [5, 5.41) is 7.64. The van der Waals surface area contributed by atoms with Crippen molar-refractivity contribution in [1.82, 2.24) is 10.2 Å². The molecule has 2 aromatic rings. The van der Waals surface area contributed by atoms with E-state index in [0.717, 1.165) is 12.0 Å². The largest absolute Gasteiger partial charge is 0.410 e. The summed E-state index contributed by atoms with van der Waals surface area (Å²) < 4.78 is 5.30. The van der Waals surface area contributed by atoms with Crippen LogP contribution in [0, 0.1) is 12.3 Å². The van der Waals surface area contributed by atoms with Gasteiger partial charge in [0.1, 0.15) is 0 Å². The van der Waals surface area contributed by atoms with Crippen LogP contribution in [0.2, 0.25) is 0 Å². The fourth-order valence-electron chi connectivity index (χ4n) is 1.43. The van der Waals surface area contributed by atoms with Gasteiger partial charge in [-0.15, -0.1) is 11.5 Å². The Morgan fingerprint density at radius 2 is 2.13 bits per heavy atom. The second-order valence-electron chi connectivity index (χ2n) is 3.07. The van der Waals surface area contributed by atoms with Gasteiger partial charge < -0.3 is 4.42 Å². The molecule has 0 saturated heterocycles. The Kier molecular flexibility index (Phi) is 2.51. The van der Waals surface area contributed by atoms with Crippen molar-refractivity contribution in [2.24, 2.45) is 0 Å². The lowest BCUT2D eigenvalue weighted by molar-refractivity contribution is 0.554. The zero-order valence-corrected chi connectivity index (χ0v) is 8.40. The average molecular weight is 198 g/mol. The van der Waals surface area contributed by atoms with Crippen LogP contribution in [0.25, 0.3) is 11.5 Å². The lowest BCUT2D eigenvalue weighted by Gasteiger charge is -2.01. The first-order chi connectivity index (χ1) is 7.35. The molecule has 1 aromatic heterocycles. The van der Waals surface area contributed by atoms with Crippen LogP contribution in [-0.2, 0) is 6.42 Å². The quantitative estimate of drug-likeness (QED) is 0.695. The molecule has 0 radical (unpaired) electrons. The molecule has 1 aromatic carbocycles. The Bertz CT molecular complexity index is 508. The molecule has 0 saturated carbocycles. The molecule has 3 heteroatoms. The summed E-state index contributed by atoms with van der Waals surface area (Å²) in [4.78, 5) is 0. The maximum Gasteiger partial charge on any atom is 0.293 e. The van der Waals surface area contributed by atoms with Gasteiger partial charge in [0, 0.05) is 5.56 Å². The molecular formula is C12H10N2O. The summed E-state index contributed by atoms with van der Waals surface area (Å²) in [5.41, 5.74) is 2.12. The predicted molar refractivity (Wildman–Crippen MR) is 57.0 cm³/mol. The van der Waals surface area contributed by atoms with Crippen LogP contribution >= 0.6 is 0 Å². The minimum atomic E-state index is 0.218. The standard InChI is InChI=1S/C12H10N2O/c1-3-9-7-5-6-8-10(9)12-14-13-11(4-2)15-12/h2,5-8H,3H2,1H3. The first-order valence-corrected chi connectivity index (χ1v) is 4.73. The van der Waals surface area contributed by atoms with Crippen molar-refractivity contribution in [2.45, 2.75) is 13.3 Å². The van der Waals surface area contributed by atoms with Gasteiger partial charge in [-0.25, -0.2) is 0 Å². The van der Waals surface area contributed by atoms with Gasteiger partial charge in [0.15, 0.2) is 0 Å². The molecule has 0 bridgehead atoms. The van der Waals surface area contributed by atoms with E-state index in [1.54, 1.807) is 0 Å². The molecule has 0 aliphatic heterocycles. The van der Waals surface area contributed by atoms with Gasteiger partial charge in [-0.2, -0.15) is 0 Å². The van der Waals surface area contributed by atoms with E-state index in [9.17, 15) is 0 Å². The Labute approximate surface area is 88.1 Å². The summed E-state index contributed by atoms with van der Waals surface area (Å²) in [6, 6.07) is 7.91. The zero-order chi connectivity index (χ0) is 10.7. The highest BCUT2D eigenvalue weighted by Gasteiger charge is 2.09. The van der Waals surface area contributed by atoms with Crippen LogP contribution in [0.4, 0.5) is 0 Å². The van der Waals surface area contributed by atoms with Crippen molar-refractivity contribution in [1.29, 1.82) is 0 Å². The minimum absolute atomic E-state index is 0.218. The van der Waals surface area contributed by atoms with Crippen LogP contribution < -0.4 is 0 Å². The number of aromatic nitrogens is 2. The fraction of sp³-hybridized carbons (Fsp3) is 0.167. The molecule has 2 rings (SSSR count). The number of nitrogens with zero attached hydrogens (tertiary/aromatic N) is 2. The van der Waals surface area contributed by atoms with Gasteiger partial charge in [-0.3, -0.25) is 0 Å². The van der Waals surface area contributed by atoms with E-state index in [4.69, 9.17) is 10.8 Å². The molecule has 74 valence electrons. The van der Waals surface area contributed by atoms with Gasteiger partial charge >= 0.3 is 0 Å². The van der Waals surface area contributed by atoms with Crippen molar-refractivity contribution in [3.05, 3.63) is 35.7 Å². The number of benzene rings is 1. The lowest BCUT2D eigenvalue weighted by atomic mass is 10.1. The average Bonchev–Trinajstić information content (AvgIpc) is 2.77. The minimum Gasteiger partial charge on any atom is -0.410 e. The van der Waals surface area contributed by atoms with Gasteiger partial charge in [0.25, 0.3) is 5.89 Å². The van der Waals surface area contributed by atoms with E-state index in [0.29, 0.717) is 5.89 Å². The molecule has 0 N–H and O–H groups in total. The highest BCUT2D eigenvalue weighted by atomic mass is 16.4. The Morgan fingerprint density at radius 3 is 2.80 bits per heavy atom. The number of hydrogen-bond acceptors (Lipinski definition) is 3. The van der Waals surface area contributed by atoms with E-state index in [1.165, 1.54) is 5.56 Å². The molecule has 0 aliphatic rings. The Balaban J connectivity index is 2.49. The third kappa shape index (κ3) is 1.75. The first-order valence-electron chi connectivity index (χ1n) is 4.73. The van der Waals surface area contributed by atoms with E-state index in [2.05, 4.69) is 23.0 Å². The number of rotatable bonds is 2. The topological polar surface area (TPSA) is 38.9 Å². The molecule has 0 unspecified atom stereocenters. The molecule has 3 nitrogen and oxygen atoms in total. The lowest BCUT2D eigenvalue weighted by Crippen LogP contribution is -1.86. The second-order valence-corrected chi connectivity index (χ2v) is 3.07. The van der Waals surface area contributed by atoms with E-state index in [1.807, 2.05) is 24.3 Å². The smallest absolute Gasteiger partial charge is 0.293 e. The van der Waals surface area contributed by atoms with Gasteiger partial charge in [-0.1, -0.05) is 30.2 Å². The highest BCUT2D eigenvalue weighted by molar-refractivity contribution is 5.58. The summed E-state index contributed by atoms with van der Waals surface area (Å²) in [5.74, 6) is 3.02. The molecular weight excluding hydrogens is 188 g/mol. The number of terminal acetylenes is 1. The molecule has 1 heterocycles. The molecule has 0 fully saturated rings.